The summed E-state index contributed by atoms with van der Waals surface area (Å²) in [6.07, 6.45) is 1.12. The summed E-state index contributed by atoms with van der Waals surface area (Å²) in [5, 5.41) is 3.32. The highest BCUT2D eigenvalue weighted by atomic mass is 35.5. The maximum Gasteiger partial charge on any atom is 0.0205 e. The Morgan fingerprint density at radius 1 is 1.15 bits per heavy atom. The van der Waals surface area contributed by atoms with Crippen LogP contribution in [0.2, 0.25) is 0 Å². The molecule has 13 heavy (non-hydrogen) atoms. The van der Waals surface area contributed by atoms with Crippen LogP contribution in [0.4, 0.5) is 0 Å². The van der Waals surface area contributed by atoms with Gasteiger partial charge < -0.3 is 5.32 Å². The lowest BCUT2D eigenvalue weighted by Crippen LogP contribution is -2.11. The van der Waals surface area contributed by atoms with Gasteiger partial charge in [0.25, 0.3) is 0 Å². The fourth-order valence-electron chi connectivity index (χ4n) is 1.23. The summed E-state index contributed by atoms with van der Waals surface area (Å²) < 4.78 is 0. The monoisotopic (exact) mass is 199 g/mol. The van der Waals surface area contributed by atoms with Crippen molar-refractivity contribution in [3.05, 3.63) is 35.4 Å². The third kappa shape index (κ3) is 4.30. The molecule has 0 fully saturated rings. The standard InChI is InChI=1S/C11H17N.ClH/c1-3-10-6-5-7-11(8-10)9-12-4-2;/h5-8,12H,3-4,9H2,1-2H3;1H. The molecule has 0 heterocycles. The molecule has 0 saturated heterocycles. The van der Waals surface area contributed by atoms with Crippen LogP contribution in [-0.2, 0) is 13.0 Å². The highest BCUT2D eigenvalue weighted by Crippen LogP contribution is 2.05. The Kier molecular flexibility index (Phi) is 6.65. The third-order valence-corrected chi connectivity index (χ3v) is 1.98. The Hall–Kier alpha value is -0.530. The number of hydrogen-bond acceptors (Lipinski definition) is 1. The summed E-state index contributed by atoms with van der Waals surface area (Å²) in [6, 6.07) is 8.74. The van der Waals surface area contributed by atoms with Gasteiger partial charge in [-0.1, -0.05) is 38.1 Å². The van der Waals surface area contributed by atoms with Gasteiger partial charge in [-0.2, -0.15) is 0 Å². The van der Waals surface area contributed by atoms with Crippen LogP contribution in [0.15, 0.2) is 24.3 Å². The van der Waals surface area contributed by atoms with Crippen LogP contribution in [0.3, 0.4) is 0 Å². The molecule has 0 aromatic heterocycles. The number of rotatable bonds is 4. The van der Waals surface area contributed by atoms with Crippen molar-refractivity contribution in [2.75, 3.05) is 6.54 Å². The summed E-state index contributed by atoms with van der Waals surface area (Å²) in [7, 11) is 0. The molecule has 0 amide bonds. The molecule has 1 aromatic carbocycles. The predicted molar refractivity (Wildman–Crippen MR) is 60.4 cm³/mol. The maximum absolute atomic E-state index is 3.32. The van der Waals surface area contributed by atoms with Crippen molar-refractivity contribution >= 4 is 12.4 Å². The van der Waals surface area contributed by atoms with Crippen LogP contribution in [0.25, 0.3) is 0 Å². The lowest BCUT2D eigenvalue weighted by atomic mass is 10.1. The number of halogens is 1. The van der Waals surface area contributed by atoms with Gasteiger partial charge in [-0.15, -0.1) is 12.4 Å². The van der Waals surface area contributed by atoms with Gasteiger partial charge in [0, 0.05) is 6.54 Å². The molecule has 1 N–H and O–H groups in total. The molecular formula is C11H18ClN. The first-order valence-electron chi connectivity index (χ1n) is 4.65. The topological polar surface area (TPSA) is 12.0 Å². The number of benzene rings is 1. The van der Waals surface area contributed by atoms with E-state index in [0.29, 0.717) is 0 Å². The Balaban J connectivity index is 0.00000144. The third-order valence-electron chi connectivity index (χ3n) is 1.98. The van der Waals surface area contributed by atoms with Gasteiger partial charge in [-0.3, -0.25) is 0 Å². The van der Waals surface area contributed by atoms with E-state index in [9.17, 15) is 0 Å². The molecule has 0 atom stereocenters. The molecular weight excluding hydrogens is 182 g/mol. The molecule has 1 rings (SSSR count). The molecule has 0 saturated carbocycles. The highest BCUT2D eigenvalue weighted by molar-refractivity contribution is 5.85. The summed E-state index contributed by atoms with van der Waals surface area (Å²) in [6.45, 7) is 6.34. The fourth-order valence-corrected chi connectivity index (χ4v) is 1.23. The minimum Gasteiger partial charge on any atom is -0.313 e. The Morgan fingerprint density at radius 2 is 1.85 bits per heavy atom. The minimum atomic E-state index is 0. The highest BCUT2D eigenvalue weighted by Gasteiger charge is 1.92. The first-order chi connectivity index (χ1) is 5.86. The molecule has 0 bridgehead atoms. The van der Waals surface area contributed by atoms with E-state index >= 15 is 0 Å². The van der Waals surface area contributed by atoms with Gasteiger partial charge in [0.15, 0.2) is 0 Å². The normalized spacial score (nSPS) is 9.38. The van der Waals surface area contributed by atoms with E-state index < -0.39 is 0 Å². The minimum absolute atomic E-state index is 0. The maximum atomic E-state index is 3.32. The van der Waals surface area contributed by atoms with E-state index in [1.54, 1.807) is 0 Å². The largest absolute Gasteiger partial charge is 0.313 e. The SMILES string of the molecule is CCNCc1cccc(CC)c1.Cl. The molecule has 1 nitrogen and oxygen atoms in total. The zero-order valence-corrected chi connectivity index (χ0v) is 9.16. The first-order valence-corrected chi connectivity index (χ1v) is 4.65. The fraction of sp³-hybridized carbons (Fsp3) is 0.455. The van der Waals surface area contributed by atoms with Gasteiger partial charge in [0.1, 0.15) is 0 Å². The lowest BCUT2D eigenvalue weighted by Gasteiger charge is -2.03. The average molecular weight is 200 g/mol. The predicted octanol–water partition coefficient (Wildman–Crippen LogP) is 2.78. The zero-order chi connectivity index (χ0) is 8.81. The van der Waals surface area contributed by atoms with Gasteiger partial charge in [-0.25, -0.2) is 0 Å². The van der Waals surface area contributed by atoms with Crippen molar-refractivity contribution in [1.29, 1.82) is 0 Å². The second-order valence-electron chi connectivity index (χ2n) is 2.95. The van der Waals surface area contributed by atoms with Crippen molar-refractivity contribution in [3.63, 3.8) is 0 Å². The van der Waals surface area contributed by atoms with Crippen molar-refractivity contribution in [2.45, 2.75) is 26.8 Å². The van der Waals surface area contributed by atoms with E-state index in [0.717, 1.165) is 19.5 Å². The van der Waals surface area contributed by atoms with E-state index in [1.165, 1.54) is 11.1 Å². The van der Waals surface area contributed by atoms with Crippen LogP contribution in [0.5, 0.6) is 0 Å². The van der Waals surface area contributed by atoms with Crippen LogP contribution < -0.4 is 5.32 Å². The Bertz CT molecular complexity index is 235. The average Bonchev–Trinajstić information content (AvgIpc) is 2.15. The van der Waals surface area contributed by atoms with Crippen molar-refractivity contribution in [3.8, 4) is 0 Å². The molecule has 1 aromatic rings. The van der Waals surface area contributed by atoms with E-state index in [1.807, 2.05) is 0 Å². The van der Waals surface area contributed by atoms with Gasteiger partial charge in [0.2, 0.25) is 0 Å². The quantitative estimate of drug-likeness (QED) is 0.787. The molecule has 0 unspecified atom stereocenters. The van der Waals surface area contributed by atoms with Crippen molar-refractivity contribution in [1.82, 2.24) is 5.32 Å². The first kappa shape index (κ1) is 12.5. The zero-order valence-electron chi connectivity index (χ0n) is 8.34. The summed E-state index contributed by atoms with van der Waals surface area (Å²) in [5.74, 6) is 0. The van der Waals surface area contributed by atoms with Gasteiger partial charge >= 0.3 is 0 Å². The lowest BCUT2D eigenvalue weighted by molar-refractivity contribution is 0.726. The van der Waals surface area contributed by atoms with Gasteiger partial charge in [-0.05, 0) is 24.1 Å². The van der Waals surface area contributed by atoms with Crippen molar-refractivity contribution in [2.24, 2.45) is 0 Å². The summed E-state index contributed by atoms with van der Waals surface area (Å²) in [5.41, 5.74) is 2.81. The van der Waals surface area contributed by atoms with E-state index in [4.69, 9.17) is 0 Å². The number of aryl methyl sites for hydroxylation is 1. The van der Waals surface area contributed by atoms with Crippen molar-refractivity contribution < 1.29 is 0 Å². The van der Waals surface area contributed by atoms with E-state index in [2.05, 4.69) is 43.4 Å². The second-order valence-corrected chi connectivity index (χ2v) is 2.95. The molecule has 0 aliphatic heterocycles. The number of nitrogens with one attached hydrogen (secondary N) is 1. The van der Waals surface area contributed by atoms with Crippen LogP contribution in [0, 0.1) is 0 Å². The summed E-state index contributed by atoms with van der Waals surface area (Å²) >= 11 is 0. The van der Waals surface area contributed by atoms with Gasteiger partial charge in [0.05, 0.1) is 0 Å². The van der Waals surface area contributed by atoms with Crippen LogP contribution in [-0.4, -0.2) is 6.54 Å². The number of hydrogen-bond donors (Lipinski definition) is 1. The Morgan fingerprint density at radius 3 is 2.46 bits per heavy atom. The Labute approximate surface area is 87.0 Å². The molecule has 74 valence electrons. The van der Waals surface area contributed by atoms with Crippen LogP contribution >= 0.6 is 12.4 Å². The molecule has 0 aliphatic carbocycles. The van der Waals surface area contributed by atoms with Crippen LogP contribution in [0.1, 0.15) is 25.0 Å². The molecule has 0 radical (unpaired) electrons. The molecule has 0 spiro atoms. The summed E-state index contributed by atoms with van der Waals surface area (Å²) in [4.78, 5) is 0. The molecule has 2 heteroatoms. The smallest absolute Gasteiger partial charge is 0.0205 e. The molecule has 0 aliphatic rings. The van der Waals surface area contributed by atoms with E-state index in [-0.39, 0.29) is 12.4 Å². The second kappa shape index (κ2) is 6.93.